The highest BCUT2D eigenvalue weighted by atomic mass is 32.1. The van der Waals surface area contributed by atoms with Gasteiger partial charge in [-0.3, -0.25) is 14.2 Å². The number of aryl methyl sites for hydroxylation is 1. The van der Waals surface area contributed by atoms with Crippen molar-refractivity contribution in [2.24, 2.45) is 0 Å². The van der Waals surface area contributed by atoms with E-state index in [-0.39, 0.29) is 5.91 Å². The predicted octanol–water partition coefficient (Wildman–Crippen LogP) is 3.72. The number of benzene rings is 1. The summed E-state index contributed by atoms with van der Waals surface area (Å²) in [6.45, 7) is 0.521. The van der Waals surface area contributed by atoms with Crippen LogP contribution >= 0.6 is 11.3 Å². The van der Waals surface area contributed by atoms with Crippen molar-refractivity contribution in [2.45, 2.75) is 19.4 Å². The van der Waals surface area contributed by atoms with Crippen LogP contribution in [0.1, 0.15) is 17.7 Å². The van der Waals surface area contributed by atoms with Crippen LogP contribution in [0.4, 0.5) is 0 Å². The summed E-state index contributed by atoms with van der Waals surface area (Å²) in [6, 6.07) is 11.6. The van der Waals surface area contributed by atoms with Gasteiger partial charge in [0.25, 0.3) is 0 Å². The fourth-order valence-corrected chi connectivity index (χ4v) is 3.85. The fraction of sp³-hybridized carbons (Fsp3) is 0.190. The van der Waals surface area contributed by atoms with Crippen LogP contribution in [0.2, 0.25) is 0 Å². The molecule has 0 radical (unpaired) electrons. The topological polar surface area (TPSA) is 68.5 Å². The molecule has 0 fully saturated rings. The molecule has 0 bridgehead atoms. The van der Waals surface area contributed by atoms with Crippen molar-refractivity contribution >= 4 is 22.2 Å². The number of thiazole rings is 1. The summed E-state index contributed by atoms with van der Waals surface area (Å²) in [5.74, 6) is 0.856. The van der Waals surface area contributed by atoms with Gasteiger partial charge >= 0.3 is 0 Å². The van der Waals surface area contributed by atoms with Crippen LogP contribution in [0.3, 0.4) is 0 Å². The number of ether oxygens (including phenoxy) is 1. The molecule has 0 atom stereocenters. The summed E-state index contributed by atoms with van der Waals surface area (Å²) < 4.78 is 7.28. The number of hydrogen-bond donors (Lipinski definition) is 1. The third-order valence-corrected chi connectivity index (χ3v) is 5.41. The summed E-state index contributed by atoms with van der Waals surface area (Å²) >= 11 is 1.59. The van der Waals surface area contributed by atoms with Crippen LogP contribution in [-0.2, 0) is 17.8 Å². The molecule has 7 heteroatoms. The number of imidazole rings is 1. The molecule has 142 valence electrons. The SMILES string of the molecule is COc1ccc(-c2cn3c(CCC(=O)NCc4ccncc4)csc3n2)cc1. The fourth-order valence-electron chi connectivity index (χ4n) is 2.94. The first kappa shape index (κ1) is 18.2. The number of amides is 1. The van der Waals surface area contributed by atoms with Gasteiger partial charge in [0.05, 0.1) is 12.8 Å². The molecular weight excluding hydrogens is 372 g/mol. The zero-order valence-electron chi connectivity index (χ0n) is 15.5. The first-order valence-corrected chi connectivity index (χ1v) is 9.86. The molecule has 6 nitrogen and oxygen atoms in total. The first-order valence-electron chi connectivity index (χ1n) is 8.98. The second-order valence-electron chi connectivity index (χ2n) is 6.37. The molecule has 1 amide bonds. The molecule has 3 heterocycles. The molecule has 0 saturated heterocycles. The average molecular weight is 392 g/mol. The van der Waals surface area contributed by atoms with E-state index in [0.717, 1.165) is 33.2 Å². The molecule has 0 saturated carbocycles. The zero-order chi connectivity index (χ0) is 19.3. The molecule has 0 unspecified atom stereocenters. The number of pyridine rings is 1. The lowest BCUT2D eigenvalue weighted by Gasteiger charge is -2.05. The number of nitrogens with zero attached hydrogens (tertiary/aromatic N) is 3. The van der Waals surface area contributed by atoms with Crippen LogP contribution in [0.25, 0.3) is 16.2 Å². The van der Waals surface area contributed by atoms with E-state index in [1.165, 1.54) is 0 Å². The Kier molecular flexibility index (Phi) is 5.34. The van der Waals surface area contributed by atoms with Crippen molar-refractivity contribution in [2.75, 3.05) is 7.11 Å². The Bertz CT molecular complexity index is 1070. The lowest BCUT2D eigenvalue weighted by molar-refractivity contribution is -0.121. The first-order chi connectivity index (χ1) is 13.7. The molecule has 28 heavy (non-hydrogen) atoms. The van der Waals surface area contributed by atoms with Gasteiger partial charge in [0.1, 0.15) is 5.75 Å². The van der Waals surface area contributed by atoms with Gasteiger partial charge < -0.3 is 10.1 Å². The van der Waals surface area contributed by atoms with Gasteiger partial charge in [-0.05, 0) is 48.4 Å². The van der Waals surface area contributed by atoms with Crippen molar-refractivity contribution in [3.8, 4) is 17.0 Å². The normalized spacial score (nSPS) is 10.9. The monoisotopic (exact) mass is 392 g/mol. The van der Waals surface area contributed by atoms with Crippen molar-refractivity contribution in [1.82, 2.24) is 19.7 Å². The van der Waals surface area contributed by atoms with Gasteiger partial charge in [-0.15, -0.1) is 11.3 Å². The van der Waals surface area contributed by atoms with E-state index >= 15 is 0 Å². The van der Waals surface area contributed by atoms with Crippen molar-refractivity contribution in [1.29, 1.82) is 0 Å². The molecule has 0 aliphatic carbocycles. The van der Waals surface area contributed by atoms with Gasteiger partial charge in [-0.2, -0.15) is 0 Å². The van der Waals surface area contributed by atoms with E-state index in [2.05, 4.69) is 20.1 Å². The Hall–Kier alpha value is -3.19. The molecule has 4 aromatic rings. The van der Waals surface area contributed by atoms with Crippen LogP contribution in [0.15, 0.2) is 60.4 Å². The molecule has 0 spiro atoms. The van der Waals surface area contributed by atoms with Crippen LogP contribution in [0.5, 0.6) is 5.75 Å². The number of carbonyl (C=O) groups excluding carboxylic acids is 1. The zero-order valence-corrected chi connectivity index (χ0v) is 16.3. The second kappa shape index (κ2) is 8.22. The Morgan fingerprint density at radius 1 is 1.18 bits per heavy atom. The number of nitrogens with one attached hydrogen (secondary N) is 1. The van der Waals surface area contributed by atoms with E-state index in [4.69, 9.17) is 9.72 Å². The maximum atomic E-state index is 12.2. The molecule has 0 aliphatic heterocycles. The number of aromatic nitrogens is 3. The molecule has 0 aliphatic rings. The van der Waals surface area contributed by atoms with Crippen molar-refractivity contribution in [3.63, 3.8) is 0 Å². The smallest absolute Gasteiger partial charge is 0.220 e. The maximum Gasteiger partial charge on any atom is 0.220 e. The van der Waals surface area contributed by atoms with E-state index in [9.17, 15) is 4.79 Å². The van der Waals surface area contributed by atoms with Gasteiger partial charge in [-0.25, -0.2) is 4.98 Å². The van der Waals surface area contributed by atoms with E-state index in [0.29, 0.717) is 19.4 Å². The van der Waals surface area contributed by atoms with E-state index < -0.39 is 0 Å². The highest BCUT2D eigenvalue weighted by Crippen LogP contribution is 2.25. The molecule has 1 N–H and O–H groups in total. The highest BCUT2D eigenvalue weighted by molar-refractivity contribution is 7.15. The van der Waals surface area contributed by atoms with Crippen molar-refractivity contribution in [3.05, 3.63) is 71.6 Å². The van der Waals surface area contributed by atoms with Gasteiger partial charge in [0.15, 0.2) is 4.96 Å². The summed E-state index contributed by atoms with van der Waals surface area (Å²) in [5, 5.41) is 5.02. The number of methoxy groups -OCH3 is 1. The quantitative estimate of drug-likeness (QED) is 0.521. The number of hydrogen-bond acceptors (Lipinski definition) is 5. The van der Waals surface area contributed by atoms with Gasteiger partial charge in [-0.1, -0.05) is 0 Å². The predicted molar refractivity (Wildman–Crippen MR) is 109 cm³/mol. The van der Waals surface area contributed by atoms with Crippen LogP contribution in [-0.4, -0.2) is 27.4 Å². The third kappa shape index (κ3) is 4.04. The minimum Gasteiger partial charge on any atom is -0.497 e. The lowest BCUT2D eigenvalue weighted by atomic mass is 10.1. The molecular formula is C21H20N4O2S. The third-order valence-electron chi connectivity index (χ3n) is 4.52. The summed E-state index contributed by atoms with van der Waals surface area (Å²) in [4.78, 5) is 21.8. The summed E-state index contributed by atoms with van der Waals surface area (Å²) in [5.41, 5.74) is 4.09. The molecule has 4 rings (SSSR count). The van der Waals surface area contributed by atoms with E-state index in [1.54, 1.807) is 30.8 Å². The Labute approximate surface area is 166 Å². The molecule has 1 aromatic carbocycles. The average Bonchev–Trinajstić information content (AvgIpc) is 3.33. The highest BCUT2D eigenvalue weighted by Gasteiger charge is 2.11. The molecule has 3 aromatic heterocycles. The van der Waals surface area contributed by atoms with Crippen LogP contribution in [0, 0.1) is 0 Å². The van der Waals surface area contributed by atoms with Gasteiger partial charge in [0.2, 0.25) is 5.91 Å². The summed E-state index contributed by atoms with van der Waals surface area (Å²) in [6.07, 6.45) is 6.58. The number of carbonyl (C=O) groups is 1. The summed E-state index contributed by atoms with van der Waals surface area (Å²) in [7, 11) is 1.65. The Morgan fingerprint density at radius 3 is 2.71 bits per heavy atom. The standard InChI is InChI=1S/C21H20N4O2S/c1-27-18-5-2-16(3-6-18)19-13-25-17(14-28-21(25)24-19)4-7-20(26)23-12-15-8-10-22-11-9-15/h2-3,5-6,8-11,13-14H,4,7,12H2,1H3,(H,23,26). The second-order valence-corrected chi connectivity index (χ2v) is 7.20. The van der Waals surface area contributed by atoms with Crippen molar-refractivity contribution < 1.29 is 9.53 Å². The van der Waals surface area contributed by atoms with E-state index in [1.807, 2.05) is 42.6 Å². The van der Waals surface area contributed by atoms with Crippen LogP contribution < -0.4 is 10.1 Å². The maximum absolute atomic E-state index is 12.2. The lowest BCUT2D eigenvalue weighted by Crippen LogP contribution is -2.23. The number of rotatable bonds is 7. The Morgan fingerprint density at radius 2 is 1.96 bits per heavy atom. The van der Waals surface area contributed by atoms with Gasteiger partial charge in [0, 0.05) is 48.2 Å². The largest absolute Gasteiger partial charge is 0.497 e. The number of fused-ring (bicyclic) bond motifs is 1. The minimum absolute atomic E-state index is 0.0339. The Balaban J connectivity index is 1.40. The minimum atomic E-state index is 0.0339.